The van der Waals surface area contributed by atoms with E-state index in [2.05, 4.69) is 0 Å². The number of likely N-dealkylation sites (tertiary alicyclic amines) is 1. The van der Waals surface area contributed by atoms with Gasteiger partial charge in [-0.1, -0.05) is 6.92 Å². The first-order chi connectivity index (χ1) is 10.9. The number of hydrogen-bond acceptors (Lipinski definition) is 4. The molecule has 0 aromatic heterocycles. The Balaban J connectivity index is 2.40. The van der Waals surface area contributed by atoms with Gasteiger partial charge in [-0.15, -0.1) is 0 Å². The number of alkyl halides is 3. The maximum atomic E-state index is 12.7. The molecule has 24 heavy (non-hydrogen) atoms. The van der Waals surface area contributed by atoms with Crippen LogP contribution in [0.25, 0.3) is 0 Å². The van der Waals surface area contributed by atoms with Gasteiger partial charge in [0.15, 0.2) is 15.9 Å². The smallest absolute Gasteiger partial charge is 0.425 e. The number of sulfone groups is 1. The summed E-state index contributed by atoms with van der Waals surface area (Å²) >= 11 is 0. The Hall–Kier alpha value is -1.77. The maximum absolute atomic E-state index is 12.7. The standard InChI is InChI=1S/C15H18F3NO4S/c1-9-7-19(8-9)14(20)12-6-11(24(3,21)22)4-5-13(12)23-10(2)15(16,17)18/h4-6,9-10H,7-8H2,1-3H3/t10-/m0/s1. The van der Waals surface area contributed by atoms with Crippen LogP contribution in [0.3, 0.4) is 0 Å². The minimum Gasteiger partial charge on any atom is -0.480 e. The zero-order chi connectivity index (χ0) is 18.3. The van der Waals surface area contributed by atoms with Gasteiger partial charge in [0.05, 0.1) is 10.5 Å². The molecule has 0 spiro atoms. The van der Waals surface area contributed by atoms with Gasteiger partial charge < -0.3 is 9.64 Å². The van der Waals surface area contributed by atoms with Crippen molar-refractivity contribution in [3.63, 3.8) is 0 Å². The van der Waals surface area contributed by atoms with Gasteiger partial charge in [0.25, 0.3) is 5.91 Å². The molecule has 1 amide bonds. The number of halogens is 3. The summed E-state index contributed by atoms with van der Waals surface area (Å²) < 4.78 is 66.3. The van der Waals surface area contributed by atoms with Crippen molar-refractivity contribution in [2.24, 2.45) is 5.92 Å². The predicted molar refractivity (Wildman–Crippen MR) is 80.8 cm³/mol. The number of hydrogen-bond donors (Lipinski definition) is 0. The van der Waals surface area contributed by atoms with Gasteiger partial charge in [0.1, 0.15) is 5.75 Å². The number of ether oxygens (including phenoxy) is 1. The van der Waals surface area contributed by atoms with Crippen molar-refractivity contribution in [1.29, 1.82) is 0 Å². The summed E-state index contributed by atoms with van der Waals surface area (Å²) in [6, 6.07) is 3.29. The van der Waals surface area contributed by atoms with E-state index in [4.69, 9.17) is 4.74 Å². The maximum Gasteiger partial charge on any atom is 0.425 e. The highest BCUT2D eigenvalue weighted by Crippen LogP contribution is 2.31. The van der Waals surface area contributed by atoms with Crippen LogP contribution in [0, 0.1) is 5.92 Å². The minimum atomic E-state index is -4.60. The monoisotopic (exact) mass is 365 g/mol. The molecule has 1 saturated heterocycles. The lowest BCUT2D eigenvalue weighted by atomic mass is 10.0. The molecule has 0 unspecified atom stereocenters. The summed E-state index contributed by atoms with van der Waals surface area (Å²) in [6.45, 7) is 3.69. The molecule has 5 nitrogen and oxygen atoms in total. The molecular formula is C15H18F3NO4S. The number of amides is 1. The van der Waals surface area contributed by atoms with E-state index in [1.807, 2.05) is 6.92 Å². The van der Waals surface area contributed by atoms with E-state index < -0.39 is 28.0 Å². The van der Waals surface area contributed by atoms with Crippen LogP contribution in [0.5, 0.6) is 5.75 Å². The second-order valence-corrected chi connectivity index (χ2v) is 8.06. The van der Waals surface area contributed by atoms with Crippen molar-refractivity contribution in [1.82, 2.24) is 4.90 Å². The van der Waals surface area contributed by atoms with Gasteiger partial charge in [-0.25, -0.2) is 8.42 Å². The van der Waals surface area contributed by atoms with Crippen LogP contribution in [0.1, 0.15) is 24.2 Å². The number of nitrogens with zero attached hydrogens (tertiary/aromatic N) is 1. The fourth-order valence-corrected chi connectivity index (χ4v) is 2.95. The van der Waals surface area contributed by atoms with Gasteiger partial charge in [0, 0.05) is 19.3 Å². The first-order valence-electron chi connectivity index (χ1n) is 7.26. The lowest BCUT2D eigenvalue weighted by Gasteiger charge is -2.37. The molecule has 134 valence electrons. The third-order valence-corrected chi connectivity index (χ3v) is 4.84. The summed E-state index contributed by atoms with van der Waals surface area (Å²) in [7, 11) is -3.61. The molecule has 0 N–H and O–H groups in total. The van der Waals surface area contributed by atoms with E-state index >= 15 is 0 Å². The molecule has 9 heteroatoms. The van der Waals surface area contributed by atoms with Gasteiger partial charge >= 0.3 is 6.18 Å². The Morgan fingerprint density at radius 1 is 1.33 bits per heavy atom. The van der Waals surface area contributed by atoms with Gasteiger partial charge in [-0.05, 0) is 31.0 Å². The van der Waals surface area contributed by atoms with E-state index in [1.54, 1.807) is 0 Å². The summed E-state index contributed by atoms with van der Waals surface area (Å²) in [4.78, 5) is 13.8. The SMILES string of the molecule is CC1CN(C(=O)c2cc(S(C)(=O)=O)ccc2O[C@@H](C)C(F)(F)F)C1. The molecule has 0 radical (unpaired) electrons. The van der Waals surface area contributed by atoms with Crippen LogP contribution in [0.15, 0.2) is 23.1 Å². The third-order valence-electron chi connectivity index (χ3n) is 3.73. The van der Waals surface area contributed by atoms with Crippen molar-refractivity contribution >= 4 is 15.7 Å². The van der Waals surface area contributed by atoms with E-state index in [0.717, 1.165) is 31.4 Å². The number of carbonyl (C=O) groups is 1. The first-order valence-corrected chi connectivity index (χ1v) is 9.15. The molecule has 0 bridgehead atoms. The Labute approximate surface area is 138 Å². The van der Waals surface area contributed by atoms with Gasteiger partial charge in [0.2, 0.25) is 0 Å². The van der Waals surface area contributed by atoms with Crippen molar-refractivity contribution in [2.75, 3.05) is 19.3 Å². The summed E-state index contributed by atoms with van der Waals surface area (Å²) in [5, 5.41) is 0. The normalized spacial score (nSPS) is 17.3. The molecule has 0 saturated carbocycles. The van der Waals surface area contributed by atoms with E-state index in [9.17, 15) is 26.4 Å². The molecular weight excluding hydrogens is 347 g/mol. The largest absolute Gasteiger partial charge is 0.480 e. The lowest BCUT2D eigenvalue weighted by Crippen LogP contribution is -2.48. The van der Waals surface area contributed by atoms with E-state index in [-0.39, 0.29) is 16.2 Å². The average Bonchev–Trinajstić information content (AvgIpc) is 2.41. The fourth-order valence-electron chi connectivity index (χ4n) is 2.30. The molecule has 1 fully saturated rings. The molecule has 1 aromatic rings. The lowest BCUT2D eigenvalue weighted by molar-refractivity contribution is -0.189. The first kappa shape index (κ1) is 18.6. The Kier molecular flexibility index (Phi) is 4.85. The zero-order valence-electron chi connectivity index (χ0n) is 13.4. The number of benzene rings is 1. The predicted octanol–water partition coefficient (Wildman–Crippen LogP) is 2.51. The molecule has 1 aliphatic heterocycles. The van der Waals surface area contributed by atoms with Crippen molar-refractivity contribution < 1.29 is 31.1 Å². The number of carbonyl (C=O) groups excluding carboxylic acids is 1. The van der Waals surface area contributed by atoms with Gasteiger partial charge in [-0.2, -0.15) is 13.2 Å². The molecule has 1 atom stereocenters. The van der Waals surface area contributed by atoms with Crippen LogP contribution in [0.2, 0.25) is 0 Å². The van der Waals surface area contributed by atoms with Crippen LogP contribution in [-0.2, 0) is 9.84 Å². The van der Waals surface area contributed by atoms with E-state index in [1.165, 1.54) is 4.90 Å². The van der Waals surface area contributed by atoms with E-state index in [0.29, 0.717) is 19.0 Å². The number of rotatable bonds is 4. The summed E-state index contributed by atoms with van der Waals surface area (Å²) in [5.74, 6) is -0.523. The second kappa shape index (κ2) is 6.27. The molecule has 2 rings (SSSR count). The highest BCUT2D eigenvalue weighted by molar-refractivity contribution is 7.90. The summed E-state index contributed by atoms with van der Waals surface area (Å²) in [6.07, 6.45) is -5.76. The van der Waals surface area contributed by atoms with Crippen LogP contribution >= 0.6 is 0 Å². The zero-order valence-corrected chi connectivity index (χ0v) is 14.2. The van der Waals surface area contributed by atoms with Crippen LogP contribution in [0.4, 0.5) is 13.2 Å². The third kappa shape index (κ3) is 4.00. The van der Waals surface area contributed by atoms with Crippen molar-refractivity contribution in [2.45, 2.75) is 31.0 Å². The molecule has 1 aromatic carbocycles. The van der Waals surface area contributed by atoms with Crippen LogP contribution < -0.4 is 4.74 Å². The van der Waals surface area contributed by atoms with Crippen molar-refractivity contribution in [3.8, 4) is 5.75 Å². The second-order valence-electron chi connectivity index (χ2n) is 6.05. The molecule has 1 heterocycles. The molecule has 1 aliphatic rings. The Morgan fingerprint density at radius 3 is 2.38 bits per heavy atom. The highest BCUT2D eigenvalue weighted by Gasteiger charge is 2.39. The Morgan fingerprint density at radius 2 is 1.92 bits per heavy atom. The van der Waals surface area contributed by atoms with Crippen molar-refractivity contribution in [3.05, 3.63) is 23.8 Å². The quantitative estimate of drug-likeness (QED) is 0.823. The highest BCUT2D eigenvalue weighted by atomic mass is 32.2. The summed E-state index contributed by atoms with van der Waals surface area (Å²) in [5.41, 5.74) is -0.180. The fraction of sp³-hybridized carbons (Fsp3) is 0.533. The molecule has 0 aliphatic carbocycles. The average molecular weight is 365 g/mol. The van der Waals surface area contributed by atoms with Crippen LogP contribution in [-0.4, -0.2) is 50.9 Å². The topological polar surface area (TPSA) is 63.7 Å². The Bertz CT molecular complexity index is 740. The minimum absolute atomic E-state index is 0.147. The van der Waals surface area contributed by atoms with Gasteiger partial charge in [-0.3, -0.25) is 4.79 Å².